The molecule has 2 aliphatic rings. The van der Waals surface area contributed by atoms with Gasteiger partial charge in [-0.3, -0.25) is 9.69 Å². The molecule has 0 aliphatic carbocycles. The second kappa shape index (κ2) is 7.86. The highest BCUT2D eigenvalue weighted by Gasteiger charge is 2.17. The molecule has 1 N–H and O–H groups in total. The molecule has 7 heteroatoms. The van der Waals surface area contributed by atoms with E-state index in [4.69, 9.17) is 25.8 Å². The first-order valence-corrected chi connectivity index (χ1v) is 8.25. The second-order valence-corrected chi connectivity index (χ2v) is 5.99. The Morgan fingerprint density at radius 3 is 2.78 bits per heavy atom. The van der Waals surface area contributed by atoms with Gasteiger partial charge in [0, 0.05) is 26.2 Å². The molecule has 2 aliphatic heterocycles. The molecule has 1 aromatic rings. The predicted molar refractivity (Wildman–Crippen MR) is 86.4 cm³/mol. The summed E-state index contributed by atoms with van der Waals surface area (Å²) in [6, 6.07) is 3.58. The lowest BCUT2D eigenvalue weighted by Crippen LogP contribution is -2.41. The van der Waals surface area contributed by atoms with Crippen LogP contribution in [-0.4, -0.2) is 63.4 Å². The van der Waals surface area contributed by atoms with Crippen molar-refractivity contribution in [2.45, 2.75) is 6.42 Å². The number of halogens is 1. The maximum absolute atomic E-state index is 12.1. The van der Waals surface area contributed by atoms with E-state index < -0.39 is 0 Å². The van der Waals surface area contributed by atoms with Crippen LogP contribution in [0.25, 0.3) is 0 Å². The minimum absolute atomic E-state index is 0.0222. The summed E-state index contributed by atoms with van der Waals surface area (Å²) in [4.78, 5) is 14.3. The summed E-state index contributed by atoms with van der Waals surface area (Å²) in [5.74, 6) is 1.15. The van der Waals surface area contributed by atoms with Crippen molar-refractivity contribution in [1.29, 1.82) is 0 Å². The topological polar surface area (TPSA) is 60.0 Å². The van der Waals surface area contributed by atoms with Gasteiger partial charge in [0.25, 0.3) is 0 Å². The van der Waals surface area contributed by atoms with Gasteiger partial charge in [0.2, 0.25) is 5.91 Å². The largest absolute Gasteiger partial charge is 0.486 e. The standard InChI is InChI=1S/C16H21ClN2O4/c17-13-9-12(10-14-16(13)23-8-7-22-14)11-15(20)18-1-2-19-3-5-21-6-4-19/h9-10H,1-8,11H2,(H,18,20). The number of fused-ring (bicyclic) bond motifs is 1. The summed E-state index contributed by atoms with van der Waals surface area (Å²) in [5.41, 5.74) is 0.822. The van der Waals surface area contributed by atoms with Gasteiger partial charge < -0.3 is 19.5 Å². The zero-order chi connectivity index (χ0) is 16.1. The lowest BCUT2D eigenvalue weighted by atomic mass is 10.1. The van der Waals surface area contributed by atoms with Crippen LogP contribution in [0.3, 0.4) is 0 Å². The van der Waals surface area contributed by atoms with Crippen molar-refractivity contribution in [3.05, 3.63) is 22.7 Å². The average Bonchev–Trinajstić information content (AvgIpc) is 2.56. The molecular formula is C16H21ClN2O4. The molecule has 0 radical (unpaired) electrons. The van der Waals surface area contributed by atoms with Gasteiger partial charge in [0.1, 0.15) is 13.2 Å². The highest BCUT2D eigenvalue weighted by molar-refractivity contribution is 6.32. The minimum Gasteiger partial charge on any atom is -0.486 e. The Bertz CT molecular complexity index is 561. The molecule has 0 aromatic heterocycles. The number of ether oxygens (including phenoxy) is 3. The monoisotopic (exact) mass is 340 g/mol. The van der Waals surface area contributed by atoms with Crippen molar-refractivity contribution < 1.29 is 19.0 Å². The number of hydrogen-bond donors (Lipinski definition) is 1. The van der Waals surface area contributed by atoms with E-state index in [9.17, 15) is 4.79 Å². The summed E-state index contributed by atoms with van der Waals surface area (Å²) in [7, 11) is 0. The Kier molecular flexibility index (Phi) is 5.59. The van der Waals surface area contributed by atoms with Crippen LogP contribution in [0.15, 0.2) is 12.1 Å². The Labute approximate surface area is 140 Å². The van der Waals surface area contributed by atoms with Gasteiger partial charge in [-0.05, 0) is 17.7 Å². The maximum atomic E-state index is 12.1. The summed E-state index contributed by atoms with van der Waals surface area (Å²) >= 11 is 6.18. The van der Waals surface area contributed by atoms with Gasteiger partial charge in [0.05, 0.1) is 24.7 Å². The number of carbonyl (C=O) groups is 1. The Morgan fingerprint density at radius 1 is 1.17 bits per heavy atom. The molecule has 126 valence electrons. The van der Waals surface area contributed by atoms with Crippen LogP contribution in [0, 0.1) is 0 Å². The van der Waals surface area contributed by atoms with E-state index in [-0.39, 0.29) is 12.3 Å². The number of nitrogens with one attached hydrogen (secondary N) is 1. The normalized spacial score (nSPS) is 17.8. The summed E-state index contributed by atoms with van der Waals surface area (Å²) < 4.78 is 16.3. The summed E-state index contributed by atoms with van der Waals surface area (Å²) in [6.45, 7) is 5.86. The van der Waals surface area contributed by atoms with Gasteiger partial charge in [-0.1, -0.05) is 11.6 Å². The molecule has 0 saturated carbocycles. The van der Waals surface area contributed by atoms with Crippen LogP contribution >= 0.6 is 11.6 Å². The van der Waals surface area contributed by atoms with Crippen molar-refractivity contribution in [2.24, 2.45) is 0 Å². The first-order valence-electron chi connectivity index (χ1n) is 7.87. The number of morpholine rings is 1. The van der Waals surface area contributed by atoms with Crippen LogP contribution in [-0.2, 0) is 16.0 Å². The Morgan fingerprint density at radius 2 is 1.96 bits per heavy atom. The number of benzene rings is 1. The molecule has 2 heterocycles. The molecule has 0 unspecified atom stereocenters. The zero-order valence-corrected chi connectivity index (χ0v) is 13.7. The molecule has 3 rings (SSSR count). The lowest BCUT2D eigenvalue weighted by Gasteiger charge is -2.26. The fourth-order valence-corrected chi connectivity index (χ4v) is 2.98. The molecule has 1 fully saturated rings. The van der Waals surface area contributed by atoms with E-state index in [0.717, 1.165) is 38.4 Å². The van der Waals surface area contributed by atoms with E-state index in [0.29, 0.717) is 36.3 Å². The summed E-state index contributed by atoms with van der Waals surface area (Å²) in [5, 5.41) is 3.43. The van der Waals surface area contributed by atoms with Crippen molar-refractivity contribution in [1.82, 2.24) is 10.2 Å². The second-order valence-electron chi connectivity index (χ2n) is 5.58. The van der Waals surface area contributed by atoms with Crippen LogP contribution in [0.1, 0.15) is 5.56 Å². The van der Waals surface area contributed by atoms with Gasteiger partial charge >= 0.3 is 0 Å². The fourth-order valence-electron chi connectivity index (χ4n) is 2.69. The number of carbonyl (C=O) groups excluding carboxylic acids is 1. The minimum atomic E-state index is -0.0222. The molecule has 0 atom stereocenters. The molecule has 23 heavy (non-hydrogen) atoms. The lowest BCUT2D eigenvalue weighted by molar-refractivity contribution is -0.120. The van der Waals surface area contributed by atoms with E-state index in [2.05, 4.69) is 10.2 Å². The zero-order valence-electron chi connectivity index (χ0n) is 13.0. The third-order valence-corrected chi connectivity index (χ3v) is 4.16. The van der Waals surface area contributed by atoms with Crippen LogP contribution in [0.5, 0.6) is 11.5 Å². The predicted octanol–water partition coefficient (Wildman–Crippen LogP) is 1.10. The average molecular weight is 341 g/mol. The molecule has 1 saturated heterocycles. The van der Waals surface area contributed by atoms with Gasteiger partial charge in [0.15, 0.2) is 11.5 Å². The smallest absolute Gasteiger partial charge is 0.224 e. The molecule has 0 spiro atoms. The number of nitrogens with zero attached hydrogens (tertiary/aromatic N) is 1. The van der Waals surface area contributed by atoms with Crippen LogP contribution < -0.4 is 14.8 Å². The Hall–Kier alpha value is -1.50. The van der Waals surface area contributed by atoms with Gasteiger partial charge in [-0.25, -0.2) is 0 Å². The number of rotatable bonds is 5. The SMILES string of the molecule is O=C(Cc1cc(Cl)c2c(c1)OCCO2)NCCN1CCOCC1. The van der Waals surface area contributed by atoms with Gasteiger partial charge in [-0.2, -0.15) is 0 Å². The molecule has 0 bridgehead atoms. The fraction of sp³-hybridized carbons (Fsp3) is 0.562. The van der Waals surface area contributed by atoms with Crippen molar-refractivity contribution in [3.8, 4) is 11.5 Å². The molecule has 1 aromatic carbocycles. The van der Waals surface area contributed by atoms with Gasteiger partial charge in [-0.15, -0.1) is 0 Å². The highest BCUT2D eigenvalue weighted by atomic mass is 35.5. The Balaban J connectivity index is 1.48. The quantitative estimate of drug-likeness (QED) is 0.870. The van der Waals surface area contributed by atoms with Crippen LogP contribution in [0.4, 0.5) is 0 Å². The summed E-state index contributed by atoms with van der Waals surface area (Å²) in [6.07, 6.45) is 0.277. The molecule has 6 nitrogen and oxygen atoms in total. The van der Waals surface area contributed by atoms with E-state index in [1.807, 2.05) is 6.07 Å². The van der Waals surface area contributed by atoms with E-state index in [1.165, 1.54) is 0 Å². The van der Waals surface area contributed by atoms with Crippen LogP contribution in [0.2, 0.25) is 5.02 Å². The molecular weight excluding hydrogens is 320 g/mol. The third-order valence-electron chi connectivity index (χ3n) is 3.88. The van der Waals surface area contributed by atoms with Crippen molar-refractivity contribution in [2.75, 3.05) is 52.6 Å². The third kappa shape index (κ3) is 4.50. The van der Waals surface area contributed by atoms with Crippen molar-refractivity contribution >= 4 is 17.5 Å². The van der Waals surface area contributed by atoms with E-state index >= 15 is 0 Å². The molecule has 1 amide bonds. The first-order chi connectivity index (χ1) is 11.2. The van der Waals surface area contributed by atoms with Crippen molar-refractivity contribution in [3.63, 3.8) is 0 Å². The van der Waals surface area contributed by atoms with E-state index in [1.54, 1.807) is 6.07 Å². The highest BCUT2D eigenvalue weighted by Crippen LogP contribution is 2.38. The first kappa shape index (κ1) is 16.4. The number of amides is 1. The maximum Gasteiger partial charge on any atom is 0.224 e. The number of hydrogen-bond acceptors (Lipinski definition) is 5.